The summed E-state index contributed by atoms with van der Waals surface area (Å²) in [5.74, 6) is -1.46. The van der Waals surface area contributed by atoms with Gasteiger partial charge in [0, 0.05) is 5.56 Å². The largest absolute Gasteiger partial charge is 0.453 e. The van der Waals surface area contributed by atoms with Gasteiger partial charge in [0.1, 0.15) is 11.4 Å². The van der Waals surface area contributed by atoms with E-state index < -0.39 is 15.2 Å². The summed E-state index contributed by atoms with van der Waals surface area (Å²) in [5, 5.41) is 0. The fourth-order valence-corrected chi connectivity index (χ4v) is 2.98. The van der Waals surface area contributed by atoms with Crippen molar-refractivity contribution < 1.29 is 14.3 Å². The standard InChI is InChI=1S/C14H11Cl3O3/c1-12(2)11(18)9-7-8-5-3-4-6-10(8)19-13(9,20-12)14(15,16)17/h3-7H,1-2H3. The summed E-state index contributed by atoms with van der Waals surface area (Å²) in [6.45, 7) is 3.25. The van der Waals surface area contributed by atoms with Gasteiger partial charge in [0.05, 0.1) is 5.57 Å². The first-order valence-corrected chi connectivity index (χ1v) is 7.13. The number of benzene rings is 1. The number of halogens is 3. The maximum Gasteiger partial charge on any atom is 0.289 e. The van der Waals surface area contributed by atoms with Crippen LogP contribution in [0.3, 0.4) is 0 Å². The van der Waals surface area contributed by atoms with Gasteiger partial charge in [-0.15, -0.1) is 0 Å². The van der Waals surface area contributed by atoms with E-state index >= 15 is 0 Å². The average Bonchev–Trinajstić information content (AvgIpc) is 2.55. The highest BCUT2D eigenvalue weighted by atomic mass is 35.6. The molecule has 0 amide bonds. The van der Waals surface area contributed by atoms with Crippen LogP contribution in [0.4, 0.5) is 0 Å². The smallest absolute Gasteiger partial charge is 0.289 e. The molecule has 1 atom stereocenters. The maximum atomic E-state index is 12.5. The molecule has 106 valence electrons. The minimum Gasteiger partial charge on any atom is -0.453 e. The first kappa shape index (κ1) is 14.2. The van der Waals surface area contributed by atoms with Crippen LogP contribution in [-0.2, 0) is 9.53 Å². The number of Topliss-reactive ketones (excluding diaryl/α,β-unsaturated/α-hetero) is 1. The second-order valence-electron chi connectivity index (χ2n) is 5.25. The number of ketones is 1. The Bertz CT molecular complexity index is 631. The molecule has 0 spiro atoms. The first-order chi connectivity index (χ1) is 9.17. The zero-order chi connectivity index (χ0) is 14.8. The van der Waals surface area contributed by atoms with Crippen LogP contribution >= 0.6 is 34.8 Å². The van der Waals surface area contributed by atoms with Gasteiger partial charge in [0.25, 0.3) is 9.58 Å². The number of alkyl halides is 3. The van der Waals surface area contributed by atoms with Gasteiger partial charge in [-0.25, -0.2) is 0 Å². The highest BCUT2D eigenvalue weighted by Crippen LogP contribution is 2.55. The molecule has 2 aliphatic heterocycles. The molecule has 0 bridgehead atoms. The van der Waals surface area contributed by atoms with Crippen molar-refractivity contribution in [2.75, 3.05) is 0 Å². The quantitative estimate of drug-likeness (QED) is 0.675. The molecule has 1 unspecified atom stereocenters. The van der Waals surface area contributed by atoms with Crippen molar-refractivity contribution in [3.8, 4) is 5.75 Å². The summed E-state index contributed by atoms with van der Waals surface area (Å²) >= 11 is 18.2. The van der Waals surface area contributed by atoms with E-state index in [4.69, 9.17) is 44.3 Å². The molecule has 0 aliphatic carbocycles. The molecule has 1 aromatic rings. The second kappa shape index (κ2) is 4.14. The number of hydrogen-bond acceptors (Lipinski definition) is 3. The van der Waals surface area contributed by atoms with Crippen molar-refractivity contribution in [1.82, 2.24) is 0 Å². The lowest BCUT2D eigenvalue weighted by atomic mass is 9.93. The van der Waals surface area contributed by atoms with Gasteiger partial charge in [-0.2, -0.15) is 0 Å². The molecule has 1 saturated heterocycles. The molecule has 2 heterocycles. The van der Waals surface area contributed by atoms with Crippen LogP contribution in [-0.4, -0.2) is 21.0 Å². The van der Waals surface area contributed by atoms with E-state index in [2.05, 4.69) is 0 Å². The summed E-state index contributed by atoms with van der Waals surface area (Å²) in [4.78, 5) is 12.5. The van der Waals surface area contributed by atoms with Crippen molar-refractivity contribution >= 4 is 46.7 Å². The van der Waals surface area contributed by atoms with Gasteiger partial charge in [-0.3, -0.25) is 4.79 Å². The van der Waals surface area contributed by atoms with Crippen LogP contribution in [0.2, 0.25) is 0 Å². The first-order valence-electron chi connectivity index (χ1n) is 5.99. The summed E-state index contributed by atoms with van der Waals surface area (Å²) in [6.07, 6.45) is 1.66. The third-order valence-corrected chi connectivity index (χ3v) is 4.14. The second-order valence-corrected chi connectivity index (χ2v) is 7.53. The van der Waals surface area contributed by atoms with Crippen LogP contribution in [0.5, 0.6) is 5.75 Å². The highest BCUT2D eigenvalue weighted by Gasteiger charge is 2.67. The van der Waals surface area contributed by atoms with Gasteiger partial charge < -0.3 is 9.47 Å². The number of para-hydroxylation sites is 1. The molecule has 0 N–H and O–H groups in total. The summed E-state index contributed by atoms with van der Waals surface area (Å²) in [5.41, 5.74) is -0.138. The molecule has 20 heavy (non-hydrogen) atoms. The zero-order valence-electron chi connectivity index (χ0n) is 10.7. The van der Waals surface area contributed by atoms with Crippen LogP contribution < -0.4 is 4.74 Å². The number of carbonyl (C=O) groups is 1. The van der Waals surface area contributed by atoms with Gasteiger partial charge in [-0.1, -0.05) is 53.0 Å². The third-order valence-electron chi connectivity index (χ3n) is 3.39. The number of hydrogen-bond donors (Lipinski definition) is 0. The Balaban J connectivity index is 2.25. The van der Waals surface area contributed by atoms with Crippen LogP contribution in [0.1, 0.15) is 19.4 Å². The predicted octanol–water partition coefficient (Wildman–Crippen LogP) is 3.91. The van der Waals surface area contributed by atoms with Crippen LogP contribution in [0, 0.1) is 0 Å². The normalized spacial score (nSPS) is 27.4. The summed E-state index contributed by atoms with van der Waals surface area (Å²) in [7, 11) is 0. The summed E-state index contributed by atoms with van der Waals surface area (Å²) < 4.78 is 9.61. The number of ether oxygens (including phenoxy) is 2. The molecular weight excluding hydrogens is 323 g/mol. The Morgan fingerprint density at radius 2 is 1.80 bits per heavy atom. The maximum absolute atomic E-state index is 12.5. The van der Waals surface area contributed by atoms with E-state index in [1.165, 1.54) is 0 Å². The van der Waals surface area contributed by atoms with Crippen molar-refractivity contribution in [3.05, 3.63) is 35.4 Å². The van der Waals surface area contributed by atoms with Gasteiger partial charge in [0.15, 0.2) is 5.78 Å². The van der Waals surface area contributed by atoms with E-state index in [1.807, 2.05) is 12.1 Å². The van der Waals surface area contributed by atoms with E-state index in [9.17, 15) is 4.79 Å². The molecule has 0 aromatic heterocycles. The molecule has 1 fully saturated rings. The Labute approximate surface area is 131 Å². The van der Waals surface area contributed by atoms with E-state index in [-0.39, 0.29) is 11.4 Å². The minimum absolute atomic E-state index is 0.223. The lowest BCUT2D eigenvalue weighted by Gasteiger charge is -2.39. The van der Waals surface area contributed by atoms with Crippen molar-refractivity contribution in [2.24, 2.45) is 0 Å². The lowest BCUT2D eigenvalue weighted by Crippen LogP contribution is -2.51. The predicted molar refractivity (Wildman–Crippen MR) is 78.2 cm³/mol. The highest BCUT2D eigenvalue weighted by molar-refractivity contribution is 6.68. The Morgan fingerprint density at radius 3 is 2.45 bits per heavy atom. The van der Waals surface area contributed by atoms with E-state index in [1.54, 1.807) is 32.1 Å². The Kier molecular flexibility index (Phi) is 2.94. The molecule has 2 aliphatic rings. The van der Waals surface area contributed by atoms with Gasteiger partial charge >= 0.3 is 0 Å². The van der Waals surface area contributed by atoms with Gasteiger partial charge in [-0.05, 0) is 26.0 Å². The van der Waals surface area contributed by atoms with Gasteiger partial charge in [0.2, 0.25) is 0 Å². The molecule has 0 saturated carbocycles. The monoisotopic (exact) mass is 332 g/mol. The Morgan fingerprint density at radius 1 is 1.15 bits per heavy atom. The fourth-order valence-electron chi connectivity index (χ4n) is 2.44. The van der Waals surface area contributed by atoms with Crippen LogP contribution in [0.15, 0.2) is 29.8 Å². The van der Waals surface area contributed by atoms with Crippen molar-refractivity contribution in [3.63, 3.8) is 0 Å². The third kappa shape index (κ3) is 1.81. The zero-order valence-corrected chi connectivity index (χ0v) is 13.0. The van der Waals surface area contributed by atoms with E-state index in [0.29, 0.717) is 5.75 Å². The van der Waals surface area contributed by atoms with E-state index in [0.717, 1.165) is 5.56 Å². The van der Waals surface area contributed by atoms with Crippen molar-refractivity contribution in [2.45, 2.75) is 29.0 Å². The molecule has 1 aromatic carbocycles. The lowest BCUT2D eigenvalue weighted by molar-refractivity contribution is -0.182. The fraction of sp³-hybridized carbons (Fsp3) is 0.357. The topological polar surface area (TPSA) is 35.5 Å². The molecule has 6 heteroatoms. The molecular formula is C14H11Cl3O3. The molecule has 0 radical (unpaired) electrons. The van der Waals surface area contributed by atoms with Crippen LogP contribution in [0.25, 0.3) is 6.08 Å². The summed E-state index contributed by atoms with van der Waals surface area (Å²) in [6, 6.07) is 7.20. The van der Waals surface area contributed by atoms with Crippen molar-refractivity contribution in [1.29, 1.82) is 0 Å². The minimum atomic E-state index is -1.93. The Hall–Kier alpha value is -0.740. The molecule has 3 nitrogen and oxygen atoms in total. The number of fused-ring (bicyclic) bond motifs is 2. The number of carbonyl (C=O) groups excluding carboxylic acids is 1. The molecule has 3 rings (SSSR count). The number of rotatable bonds is 0. The average molecular weight is 334 g/mol. The SMILES string of the molecule is CC1(C)OC2(C(Cl)(Cl)Cl)Oc3ccccc3C=C2C1=O.